The molecule has 0 radical (unpaired) electrons. The molecule has 2 nitrogen and oxygen atoms in total. The summed E-state index contributed by atoms with van der Waals surface area (Å²) in [5, 5.41) is 0.194. The van der Waals surface area contributed by atoms with Gasteiger partial charge in [0.1, 0.15) is 11.0 Å². The van der Waals surface area contributed by atoms with Crippen LogP contribution in [0.1, 0.15) is 0 Å². The molecule has 2 aromatic heterocycles. The monoisotopic (exact) mass is 380 g/mol. The summed E-state index contributed by atoms with van der Waals surface area (Å²) in [6.45, 7) is 0. The summed E-state index contributed by atoms with van der Waals surface area (Å²) in [6, 6.07) is 10.3. The lowest BCUT2D eigenvalue weighted by atomic mass is 10.1. The molecule has 18 heavy (non-hydrogen) atoms. The SMILES string of the molecule is Brc1ccc(-c2cccc3nsnc23)s1.ClCCl. The first-order chi connectivity index (χ1) is 8.76. The molecule has 0 bridgehead atoms. The molecule has 0 spiro atoms. The molecule has 0 aliphatic rings. The molecule has 2 heterocycles. The van der Waals surface area contributed by atoms with Gasteiger partial charge in [-0.2, -0.15) is 8.75 Å². The van der Waals surface area contributed by atoms with Crippen molar-refractivity contribution in [2.75, 3.05) is 5.34 Å². The average molecular weight is 382 g/mol. The molecule has 94 valence electrons. The Morgan fingerprint density at radius 2 is 1.89 bits per heavy atom. The van der Waals surface area contributed by atoms with Gasteiger partial charge in [-0.15, -0.1) is 34.5 Å². The third kappa shape index (κ3) is 3.22. The van der Waals surface area contributed by atoms with Crippen LogP contribution >= 0.6 is 62.2 Å². The zero-order chi connectivity index (χ0) is 13.0. The van der Waals surface area contributed by atoms with Crippen LogP contribution in [-0.2, 0) is 0 Å². The number of thiophene rings is 1. The van der Waals surface area contributed by atoms with Crippen LogP contribution in [0.2, 0.25) is 0 Å². The Kier molecular flexibility index (Phi) is 5.38. The molecule has 0 atom stereocenters. The predicted molar refractivity (Wildman–Crippen MR) is 85.0 cm³/mol. The van der Waals surface area contributed by atoms with Crippen molar-refractivity contribution in [1.29, 1.82) is 0 Å². The van der Waals surface area contributed by atoms with Gasteiger partial charge in [-0.05, 0) is 34.1 Å². The summed E-state index contributed by atoms with van der Waals surface area (Å²) in [6.07, 6.45) is 0. The second kappa shape index (κ2) is 6.82. The Labute approximate surface area is 131 Å². The largest absolute Gasteiger partial charge is 0.173 e. The third-order valence-corrected chi connectivity index (χ3v) is 4.32. The molecular formula is C11H7BrCl2N2S2. The lowest BCUT2D eigenvalue weighted by molar-refractivity contribution is 1.64. The van der Waals surface area contributed by atoms with Crippen molar-refractivity contribution in [3.8, 4) is 10.4 Å². The van der Waals surface area contributed by atoms with Crippen molar-refractivity contribution in [2.24, 2.45) is 0 Å². The van der Waals surface area contributed by atoms with E-state index in [4.69, 9.17) is 23.2 Å². The van der Waals surface area contributed by atoms with Gasteiger partial charge in [0.15, 0.2) is 0 Å². The third-order valence-electron chi connectivity index (χ3n) is 2.12. The smallest absolute Gasteiger partial charge is 0.113 e. The molecule has 0 fully saturated rings. The standard InChI is InChI=1S/C10H5BrN2S2.CH2Cl2/c11-9-5-4-8(14-9)6-2-1-3-7-10(6)13-15-12-7;2-1-3/h1-5H;1H2. The number of hydrogen-bond donors (Lipinski definition) is 0. The molecule has 0 N–H and O–H groups in total. The Balaban J connectivity index is 0.000000367. The van der Waals surface area contributed by atoms with Gasteiger partial charge < -0.3 is 0 Å². The first-order valence-electron chi connectivity index (χ1n) is 4.85. The summed E-state index contributed by atoms with van der Waals surface area (Å²) in [5.41, 5.74) is 3.14. The summed E-state index contributed by atoms with van der Waals surface area (Å²) in [4.78, 5) is 1.22. The molecule has 1 aromatic carbocycles. The van der Waals surface area contributed by atoms with E-state index < -0.39 is 0 Å². The van der Waals surface area contributed by atoms with Crippen molar-refractivity contribution in [1.82, 2.24) is 8.75 Å². The van der Waals surface area contributed by atoms with E-state index in [1.54, 1.807) is 11.3 Å². The summed E-state index contributed by atoms with van der Waals surface area (Å²) < 4.78 is 9.70. The van der Waals surface area contributed by atoms with E-state index in [0.29, 0.717) is 0 Å². The minimum Gasteiger partial charge on any atom is -0.173 e. The fourth-order valence-corrected chi connectivity index (χ4v) is 3.43. The number of hydrogen-bond acceptors (Lipinski definition) is 4. The predicted octanol–water partition coefficient (Wildman–Crippen LogP) is 5.60. The van der Waals surface area contributed by atoms with Gasteiger partial charge in [0.25, 0.3) is 0 Å². The Morgan fingerprint density at radius 1 is 1.11 bits per heavy atom. The van der Waals surface area contributed by atoms with Crippen molar-refractivity contribution in [3.05, 3.63) is 34.1 Å². The maximum absolute atomic E-state index is 4.76. The van der Waals surface area contributed by atoms with E-state index in [2.05, 4.69) is 42.9 Å². The fraction of sp³-hybridized carbons (Fsp3) is 0.0909. The van der Waals surface area contributed by atoms with Gasteiger partial charge in [-0.25, -0.2) is 0 Å². The van der Waals surface area contributed by atoms with Crippen molar-refractivity contribution < 1.29 is 0 Å². The number of benzene rings is 1. The highest BCUT2D eigenvalue weighted by Crippen LogP contribution is 2.34. The van der Waals surface area contributed by atoms with Gasteiger partial charge in [-0.1, -0.05) is 12.1 Å². The Morgan fingerprint density at radius 3 is 2.56 bits per heavy atom. The van der Waals surface area contributed by atoms with E-state index in [0.717, 1.165) is 20.4 Å². The molecule has 0 saturated carbocycles. The van der Waals surface area contributed by atoms with E-state index >= 15 is 0 Å². The maximum Gasteiger partial charge on any atom is 0.113 e. The van der Waals surface area contributed by atoms with Crippen LogP contribution in [0.4, 0.5) is 0 Å². The number of alkyl halides is 2. The van der Waals surface area contributed by atoms with Crippen LogP contribution in [0.15, 0.2) is 34.1 Å². The van der Waals surface area contributed by atoms with E-state index in [1.807, 2.05) is 12.1 Å². The fourth-order valence-electron chi connectivity index (χ4n) is 1.46. The number of nitrogens with zero attached hydrogens (tertiary/aromatic N) is 2. The lowest BCUT2D eigenvalue weighted by Crippen LogP contribution is -1.75. The topological polar surface area (TPSA) is 25.8 Å². The molecule has 0 aliphatic heterocycles. The summed E-state index contributed by atoms with van der Waals surface area (Å²) in [5.74, 6) is 0. The quantitative estimate of drug-likeness (QED) is 0.512. The van der Waals surface area contributed by atoms with Gasteiger partial charge in [0.2, 0.25) is 0 Å². The molecule has 0 amide bonds. The average Bonchev–Trinajstić information content (AvgIpc) is 2.97. The first kappa shape index (κ1) is 14.2. The molecule has 0 unspecified atom stereocenters. The van der Waals surface area contributed by atoms with E-state index in [1.165, 1.54) is 16.6 Å². The normalized spacial score (nSPS) is 10.2. The number of fused-ring (bicyclic) bond motifs is 1. The second-order valence-electron chi connectivity index (χ2n) is 3.14. The lowest BCUT2D eigenvalue weighted by Gasteiger charge is -1.96. The highest BCUT2D eigenvalue weighted by Gasteiger charge is 2.08. The van der Waals surface area contributed by atoms with Gasteiger partial charge in [0, 0.05) is 10.4 Å². The van der Waals surface area contributed by atoms with Crippen LogP contribution in [0.25, 0.3) is 21.5 Å². The minimum absolute atomic E-state index is 0.194. The van der Waals surface area contributed by atoms with Crippen LogP contribution < -0.4 is 0 Å². The van der Waals surface area contributed by atoms with Crippen LogP contribution in [0.3, 0.4) is 0 Å². The van der Waals surface area contributed by atoms with Crippen LogP contribution in [0, 0.1) is 0 Å². The minimum atomic E-state index is 0.194. The zero-order valence-corrected chi connectivity index (χ0v) is 13.7. The highest BCUT2D eigenvalue weighted by atomic mass is 79.9. The van der Waals surface area contributed by atoms with Gasteiger partial charge >= 0.3 is 0 Å². The van der Waals surface area contributed by atoms with Crippen LogP contribution in [-0.4, -0.2) is 14.1 Å². The molecule has 0 aliphatic carbocycles. The van der Waals surface area contributed by atoms with E-state index in [-0.39, 0.29) is 5.34 Å². The van der Waals surface area contributed by atoms with Crippen LogP contribution in [0.5, 0.6) is 0 Å². The Bertz CT molecular complexity index is 639. The Hall–Kier alpha value is -0.200. The van der Waals surface area contributed by atoms with Crippen molar-refractivity contribution in [3.63, 3.8) is 0 Å². The molecule has 3 rings (SSSR count). The molecule has 0 saturated heterocycles. The molecular weight excluding hydrogens is 375 g/mol. The van der Waals surface area contributed by atoms with Gasteiger partial charge in [-0.3, -0.25) is 0 Å². The highest BCUT2D eigenvalue weighted by molar-refractivity contribution is 9.11. The summed E-state index contributed by atoms with van der Waals surface area (Å²) >= 11 is 16.0. The van der Waals surface area contributed by atoms with Crippen molar-refractivity contribution >= 4 is 73.2 Å². The zero-order valence-electron chi connectivity index (χ0n) is 8.94. The molecule has 7 heteroatoms. The van der Waals surface area contributed by atoms with Gasteiger partial charge in [0.05, 0.1) is 20.9 Å². The first-order valence-corrected chi connectivity index (χ1v) is 8.26. The summed E-state index contributed by atoms with van der Waals surface area (Å²) in [7, 11) is 0. The number of rotatable bonds is 1. The van der Waals surface area contributed by atoms with E-state index in [9.17, 15) is 0 Å². The second-order valence-corrected chi connectivity index (χ2v) is 6.94. The maximum atomic E-state index is 4.76. The molecule has 3 aromatic rings. The number of aromatic nitrogens is 2. The number of halogens is 3. The van der Waals surface area contributed by atoms with Crippen molar-refractivity contribution in [2.45, 2.75) is 0 Å².